The molecule has 0 bridgehead atoms. The molecule has 136 heavy (non-hydrogen) atoms. The number of amides is 2. The average Bonchev–Trinajstić information content (AvgIpc) is 1.61. The fraction of sp³-hybridized carbons (Fsp3) is 0.402. The van der Waals surface area contributed by atoms with Gasteiger partial charge in [-0.25, -0.2) is 55.0 Å². The maximum Gasteiger partial charge on any atom is 0.453 e. The lowest BCUT2D eigenvalue weighted by molar-refractivity contribution is -0.145. The molecule has 10 heterocycles. The Balaban J connectivity index is 0.000000184. The van der Waals surface area contributed by atoms with Gasteiger partial charge in [-0.05, 0) is 197 Å². The van der Waals surface area contributed by atoms with E-state index >= 15 is 0 Å². The lowest BCUT2D eigenvalue weighted by atomic mass is 10.00. The van der Waals surface area contributed by atoms with Gasteiger partial charge in [0, 0.05) is 55.8 Å². The Hall–Kier alpha value is -10.9. The minimum Gasteiger partial charge on any atom is -0.465 e. The largest absolute Gasteiger partial charge is 0.465 e. The van der Waals surface area contributed by atoms with Gasteiger partial charge in [0.1, 0.15) is 45.8 Å². The van der Waals surface area contributed by atoms with E-state index in [1.165, 1.54) is 79.4 Å². The highest BCUT2D eigenvalue weighted by Gasteiger charge is 2.43. The lowest BCUT2D eigenvalue weighted by Gasteiger charge is -2.20. The molecule has 5 unspecified atom stereocenters. The highest BCUT2D eigenvalue weighted by molar-refractivity contribution is 9.10. The van der Waals surface area contributed by atoms with Crippen molar-refractivity contribution in [2.45, 2.75) is 195 Å². The van der Waals surface area contributed by atoms with Gasteiger partial charge in [-0.15, -0.1) is 5.10 Å². The number of hydrogen-bond acceptors (Lipinski definition) is 19. The van der Waals surface area contributed by atoms with E-state index in [2.05, 4.69) is 132 Å². The van der Waals surface area contributed by atoms with Crippen LogP contribution in [0.15, 0.2) is 158 Å². The number of aromatic nitrogens is 15. The first-order chi connectivity index (χ1) is 64.0. The van der Waals surface area contributed by atoms with E-state index in [0.717, 1.165) is 97.9 Å². The Morgan fingerprint density at radius 3 is 1.20 bits per heavy atom. The van der Waals surface area contributed by atoms with Crippen LogP contribution < -0.4 is 15.5 Å². The molecular weight excluding hydrogens is 2080 g/mol. The second-order valence-corrected chi connectivity index (χ2v) is 39.1. The van der Waals surface area contributed by atoms with Gasteiger partial charge in [-0.2, -0.15) is 65.4 Å². The van der Waals surface area contributed by atoms with E-state index in [4.69, 9.17) is 10.8 Å². The fourth-order valence-electron chi connectivity index (χ4n) is 14.6. The van der Waals surface area contributed by atoms with Crippen LogP contribution in [-0.4, -0.2) is 175 Å². The highest BCUT2D eigenvalue weighted by Crippen LogP contribution is 2.39. The van der Waals surface area contributed by atoms with Crippen LogP contribution in [0.5, 0.6) is 0 Å². The number of nitrogens with two attached hydrogens (primary N) is 1. The van der Waals surface area contributed by atoms with E-state index in [0.29, 0.717) is 55.3 Å². The molecule has 44 heteroatoms. The van der Waals surface area contributed by atoms with Crippen molar-refractivity contribution in [3.8, 4) is 28.4 Å². The van der Waals surface area contributed by atoms with Crippen LogP contribution in [0.3, 0.4) is 0 Å². The number of halogens is 15. The molecule has 0 radical (unpaired) electrons. The van der Waals surface area contributed by atoms with Gasteiger partial charge in [-0.1, -0.05) is 133 Å². The predicted molar refractivity (Wildman–Crippen MR) is 505 cm³/mol. The number of nitrogen functional groups attached to an aromatic ring is 1. The monoisotopic (exact) mass is 2180 g/mol. The third kappa shape index (κ3) is 29.1. The van der Waals surface area contributed by atoms with Crippen LogP contribution in [0, 0.1) is 42.9 Å². The number of hydrogen-bond donors (Lipinski definition) is 3. The van der Waals surface area contributed by atoms with Gasteiger partial charge in [0.15, 0.2) is 17.3 Å². The number of anilines is 3. The molecule has 0 aliphatic carbocycles. The molecule has 4 N–H and O–H groups in total. The summed E-state index contributed by atoms with van der Waals surface area (Å²) in [5.74, 6) is -2.58. The predicted octanol–water partition coefficient (Wildman–Crippen LogP) is 19.6. The Morgan fingerprint density at radius 2 is 0.890 bits per heavy atom. The number of aryl methyl sites for hydroxylation is 2. The molecule has 5 aromatic carbocycles. The molecule has 5 atom stereocenters. The normalized spacial score (nSPS) is 15.4. The van der Waals surface area contributed by atoms with Crippen LogP contribution in [0.2, 0.25) is 0 Å². The van der Waals surface area contributed by atoms with Crippen molar-refractivity contribution in [3.63, 3.8) is 0 Å². The van der Waals surface area contributed by atoms with Gasteiger partial charge < -0.3 is 25.4 Å². The molecule has 28 nitrogen and oxygen atoms in total. The fourth-order valence-corrected chi connectivity index (χ4v) is 16.5. The Labute approximate surface area is 811 Å². The first-order valence-electron chi connectivity index (χ1n) is 42.9. The molecule has 7 aromatic heterocycles. The molecule has 3 fully saturated rings. The number of carbonyl (C=O) groups is 5. The number of aromatic amines is 1. The molecule has 732 valence electrons. The number of ether oxygens (including phenoxy) is 1. The summed E-state index contributed by atoms with van der Waals surface area (Å²) < 4.78 is 181. The number of ketones is 2. The second kappa shape index (κ2) is 48.4. The zero-order chi connectivity index (χ0) is 100. The summed E-state index contributed by atoms with van der Waals surface area (Å²) in [6.07, 6.45) is 3.13. The van der Waals surface area contributed by atoms with Crippen LogP contribution in [0.1, 0.15) is 200 Å². The van der Waals surface area contributed by atoms with Gasteiger partial charge >= 0.3 is 18.3 Å². The Bertz CT molecular complexity index is 6120. The van der Waals surface area contributed by atoms with Crippen molar-refractivity contribution in [1.29, 1.82) is 0 Å². The molecule has 12 aromatic rings. The summed E-state index contributed by atoms with van der Waals surface area (Å²) in [7, 11) is -3.52. The quantitative estimate of drug-likeness (QED) is 0.0207. The van der Waals surface area contributed by atoms with Gasteiger partial charge in [0.2, 0.25) is 5.91 Å². The van der Waals surface area contributed by atoms with Crippen LogP contribution >= 0.6 is 63.7 Å². The Kier molecular flexibility index (Phi) is 38.7. The van der Waals surface area contributed by atoms with Gasteiger partial charge in [-0.3, -0.25) is 33.3 Å². The number of H-pyrrole nitrogens is 1. The highest BCUT2D eigenvalue weighted by atomic mass is 79.9. The van der Waals surface area contributed by atoms with Crippen molar-refractivity contribution in [3.05, 3.63) is 250 Å². The van der Waals surface area contributed by atoms with Crippen LogP contribution in [0.25, 0.3) is 28.4 Å². The summed E-state index contributed by atoms with van der Waals surface area (Å²) in [5.41, 5.74) is 17.3. The third-order valence-electron chi connectivity index (χ3n) is 20.9. The summed E-state index contributed by atoms with van der Waals surface area (Å²) in [4.78, 5) is 66.2. The summed E-state index contributed by atoms with van der Waals surface area (Å²) in [6, 6.07) is 30.4. The minimum atomic E-state index is -4.68. The molecule has 3 saturated heterocycles. The third-order valence-corrected chi connectivity index (χ3v) is 25.1. The molecule has 3 aliphatic rings. The number of aliphatic hydroxyl groups excluding tert-OH is 1. The number of Topliss-reactive ketones (excluding diaryl/α,β-unsaturated/α-hetero) is 2. The van der Waals surface area contributed by atoms with E-state index in [1.807, 2.05) is 55.4 Å². The first-order valence-corrected chi connectivity index (χ1v) is 48.3. The Morgan fingerprint density at radius 1 is 0.522 bits per heavy atom. The van der Waals surface area contributed by atoms with E-state index in [1.54, 1.807) is 120 Å². The van der Waals surface area contributed by atoms with Crippen LogP contribution in [0.4, 0.5) is 65.4 Å². The molecule has 0 spiro atoms. The zero-order valence-electron chi connectivity index (χ0n) is 76.2. The van der Waals surface area contributed by atoms with Crippen molar-refractivity contribution in [2.24, 2.45) is 0 Å². The van der Waals surface area contributed by atoms with Crippen molar-refractivity contribution in [2.75, 3.05) is 54.7 Å². The average molecular weight is 2180 g/mol. The van der Waals surface area contributed by atoms with E-state index < -0.39 is 44.9 Å². The smallest absolute Gasteiger partial charge is 0.453 e. The molecule has 3 aliphatic heterocycles. The maximum atomic E-state index is 13.3. The van der Waals surface area contributed by atoms with E-state index in [-0.39, 0.29) is 141 Å². The first kappa shape index (κ1) is 109. The van der Waals surface area contributed by atoms with Crippen molar-refractivity contribution >= 4 is 120 Å². The number of cyclic esters (lactones) is 1. The van der Waals surface area contributed by atoms with Crippen LogP contribution in [-0.2, 0) is 68.2 Å². The molecule has 2 amide bonds. The van der Waals surface area contributed by atoms with Gasteiger partial charge in [0.05, 0.1) is 139 Å². The number of nitrogens with zero attached hydrogens (tertiary/aromatic N) is 16. The molecular formula is C92H103Br4F11N18O10S. The molecule has 15 rings (SSSR count). The number of carbonyl (C=O) groups excluding carboxylic acids is 5. The second-order valence-electron chi connectivity index (χ2n) is 33.0. The SMILES string of the molecule is CC(C)c1c(CC(=O)C(Br)CCO)cnn1-c1ccc(F)cc1.CC(C)c1c(CC(=O)C(Br)CCOS(C)(=O)=O)cnn1-c1ccc(F)cc1.CC(C)c1c(N)cnn1-c1ccc(F)cc1.CC(C)c1c(N2CCC(Br)C2=O)cnn1-c1ccc(F)cc1.Cc1cc(C(F)(F)F)n[nH]1.Cc1nc(C(F)(F)F)nn1C1CCN(c2cnn(-c3ccc(F)cc3)c2C(C)C)C1=O.O=C1OCCC1Br. The number of esters is 1. The maximum absolute atomic E-state index is 13.3. The number of benzene rings is 5. The topological polar surface area (TPSA) is 339 Å². The zero-order valence-corrected chi connectivity index (χ0v) is 83.4. The van der Waals surface area contributed by atoms with E-state index in [9.17, 15) is 80.7 Å². The van der Waals surface area contributed by atoms with Crippen molar-refractivity contribution < 1.29 is 94.7 Å². The summed E-state index contributed by atoms with van der Waals surface area (Å²) in [6.45, 7) is 24.5. The van der Waals surface area contributed by atoms with Gasteiger partial charge in [0.25, 0.3) is 21.8 Å². The standard InChI is InChI=1S/C20H20F4N6O.C18H22BrFN2O4S.C17H20BrFN2O2.C16H17BrFN3O.C12H14FN3.C5H5F3N2.C4H5BrO2/c1-11(2)17-16(10-25-30(17)14-6-4-13(21)5-7-14)28-9-8-15(18(28)31)29-12(3)26-19(27-29)20(22,23)24;1-12(2)18-13(10-17(23)16(19)8-9-26-27(3,24)25)11-21-22(18)15-6-4-14(20)5-7-15;1-11(2)17-12(9-16(23)15(18)7-8-22)10-20-21(17)14-5-3-13(19)4-6-14;1-10(2)15-14(20-8-7-13(17)16(20)22)9-19-21(15)12-5-3-11(18)4-6-12;1-8(2)12-11(14)7-15-16(12)10-5-3-9(13)4-6-10;1-3-2-4(10-9-3)5(6,7)8;5-3-1-2-7-4(3)6/h4-7,10-11,15H,8-9H2,1-3H3;4-7,11-12,16H,8-10H2,1-3H3;3-6,10-11,15,22H,7-9H2,1-2H3;3-6,9-10,13H,7-8H2,1-2H3;3-8H,14H2,1-2H3;2H,1H3,(H,9,10);3H,1-2H2. The minimum absolute atomic E-state index is 0.0135. The summed E-state index contributed by atoms with van der Waals surface area (Å²) >= 11 is 13.1. The number of aliphatic hydroxyl groups is 1. The number of rotatable bonds is 25. The lowest BCUT2D eigenvalue weighted by Crippen LogP contribution is -2.30. The number of alkyl halides is 10. The number of nitrogens with one attached hydrogen (secondary N) is 1. The van der Waals surface area contributed by atoms with Crippen molar-refractivity contribution in [1.82, 2.24) is 73.9 Å². The molecule has 0 saturated carbocycles. The summed E-state index contributed by atoms with van der Waals surface area (Å²) in [5, 5.41) is 39.5.